The van der Waals surface area contributed by atoms with E-state index in [2.05, 4.69) is 15.5 Å². The molecule has 8 heteroatoms. The SMILES string of the molecule is CCOc1cc(C(=O)Nc2nnc(Cc3ccccc3)s2)cc(OCC)c1OCC. The number of carbonyl (C=O) groups excluding carboxylic acids is 1. The molecule has 0 radical (unpaired) electrons. The summed E-state index contributed by atoms with van der Waals surface area (Å²) in [4.78, 5) is 12.8. The minimum absolute atomic E-state index is 0.317. The molecule has 2 aromatic carbocycles. The highest BCUT2D eigenvalue weighted by molar-refractivity contribution is 7.15. The van der Waals surface area contributed by atoms with Crippen LogP contribution in [0.5, 0.6) is 17.2 Å². The van der Waals surface area contributed by atoms with Gasteiger partial charge in [0, 0.05) is 12.0 Å². The summed E-state index contributed by atoms with van der Waals surface area (Å²) < 4.78 is 17.0. The molecule has 0 bridgehead atoms. The van der Waals surface area contributed by atoms with Gasteiger partial charge in [-0.2, -0.15) is 0 Å². The molecule has 1 aromatic heterocycles. The topological polar surface area (TPSA) is 82.6 Å². The Hall–Kier alpha value is -3.13. The van der Waals surface area contributed by atoms with Gasteiger partial charge in [-0.1, -0.05) is 41.7 Å². The molecule has 0 spiro atoms. The molecule has 1 amide bonds. The molecule has 0 aliphatic heterocycles. The van der Waals surface area contributed by atoms with Gasteiger partial charge in [0.05, 0.1) is 19.8 Å². The Morgan fingerprint density at radius 2 is 1.57 bits per heavy atom. The lowest BCUT2D eigenvalue weighted by Gasteiger charge is -2.16. The highest BCUT2D eigenvalue weighted by Gasteiger charge is 2.19. The van der Waals surface area contributed by atoms with Crippen LogP contribution in [0.25, 0.3) is 0 Å². The number of hydrogen-bond acceptors (Lipinski definition) is 7. The molecule has 0 atom stereocenters. The zero-order valence-electron chi connectivity index (χ0n) is 17.3. The van der Waals surface area contributed by atoms with E-state index in [1.54, 1.807) is 12.1 Å². The Morgan fingerprint density at radius 1 is 0.933 bits per heavy atom. The van der Waals surface area contributed by atoms with Crippen molar-refractivity contribution in [1.82, 2.24) is 10.2 Å². The van der Waals surface area contributed by atoms with E-state index >= 15 is 0 Å². The van der Waals surface area contributed by atoms with Crippen LogP contribution in [0, 0.1) is 0 Å². The molecule has 30 heavy (non-hydrogen) atoms. The number of carbonyl (C=O) groups is 1. The summed E-state index contributed by atoms with van der Waals surface area (Å²) in [7, 11) is 0. The number of nitrogens with one attached hydrogen (secondary N) is 1. The van der Waals surface area contributed by atoms with Crippen LogP contribution in [0.4, 0.5) is 5.13 Å². The van der Waals surface area contributed by atoms with Crippen LogP contribution in [0.15, 0.2) is 42.5 Å². The molecule has 0 aliphatic rings. The number of benzene rings is 2. The molecule has 1 heterocycles. The maximum absolute atomic E-state index is 12.8. The number of nitrogens with zero attached hydrogens (tertiary/aromatic N) is 2. The molecule has 0 saturated heterocycles. The second kappa shape index (κ2) is 10.6. The molecule has 0 saturated carbocycles. The summed E-state index contributed by atoms with van der Waals surface area (Å²) in [6.45, 7) is 6.97. The van der Waals surface area contributed by atoms with Gasteiger partial charge in [-0.15, -0.1) is 10.2 Å². The Morgan fingerprint density at radius 3 is 2.17 bits per heavy atom. The summed E-state index contributed by atoms with van der Waals surface area (Å²) in [6.07, 6.45) is 0.667. The van der Waals surface area contributed by atoms with Crippen LogP contribution in [0.2, 0.25) is 0 Å². The molecule has 158 valence electrons. The summed E-state index contributed by atoms with van der Waals surface area (Å²) in [6, 6.07) is 13.3. The van der Waals surface area contributed by atoms with E-state index in [9.17, 15) is 4.79 Å². The monoisotopic (exact) mass is 427 g/mol. The summed E-state index contributed by atoms with van der Waals surface area (Å²) in [5.74, 6) is 1.12. The fourth-order valence-electron chi connectivity index (χ4n) is 2.84. The van der Waals surface area contributed by atoms with Gasteiger partial charge in [0.15, 0.2) is 11.5 Å². The fourth-order valence-corrected chi connectivity index (χ4v) is 3.60. The van der Waals surface area contributed by atoms with Crippen LogP contribution in [0.3, 0.4) is 0 Å². The predicted molar refractivity (Wildman–Crippen MR) is 117 cm³/mol. The molecule has 7 nitrogen and oxygen atoms in total. The van der Waals surface area contributed by atoms with Crippen LogP contribution >= 0.6 is 11.3 Å². The van der Waals surface area contributed by atoms with Crippen molar-refractivity contribution >= 4 is 22.4 Å². The number of anilines is 1. The van der Waals surface area contributed by atoms with Crippen molar-refractivity contribution in [3.63, 3.8) is 0 Å². The van der Waals surface area contributed by atoms with Gasteiger partial charge in [-0.25, -0.2) is 0 Å². The van der Waals surface area contributed by atoms with Crippen molar-refractivity contribution in [2.24, 2.45) is 0 Å². The number of amides is 1. The third-order valence-electron chi connectivity index (χ3n) is 4.06. The van der Waals surface area contributed by atoms with Crippen molar-refractivity contribution < 1.29 is 19.0 Å². The molecule has 0 unspecified atom stereocenters. The minimum atomic E-state index is -0.317. The Kier molecular flexibility index (Phi) is 7.62. The summed E-state index contributed by atoms with van der Waals surface area (Å²) >= 11 is 1.35. The van der Waals surface area contributed by atoms with Crippen LogP contribution < -0.4 is 19.5 Å². The van der Waals surface area contributed by atoms with Gasteiger partial charge < -0.3 is 14.2 Å². The van der Waals surface area contributed by atoms with E-state index in [0.717, 1.165) is 10.6 Å². The third-order valence-corrected chi connectivity index (χ3v) is 4.90. The fraction of sp³-hybridized carbons (Fsp3) is 0.318. The highest BCUT2D eigenvalue weighted by atomic mass is 32.1. The lowest BCUT2D eigenvalue weighted by Crippen LogP contribution is -2.13. The predicted octanol–water partition coefficient (Wildman–Crippen LogP) is 4.58. The standard InChI is InChI=1S/C22H25N3O4S/c1-4-27-17-13-16(14-18(28-5-2)20(17)29-6-3)21(26)23-22-25-24-19(30-22)12-15-10-8-7-9-11-15/h7-11,13-14H,4-6,12H2,1-3H3,(H,23,25,26). The first kappa shape index (κ1) is 21.6. The van der Waals surface area contributed by atoms with Gasteiger partial charge in [-0.3, -0.25) is 10.1 Å². The van der Waals surface area contributed by atoms with Crippen LogP contribution in [-0.4, -0.2) is 35.9 Å². The van der Waals surface area contributed by atoms with Crippen molar-refractivity contribution in [3.05, 3.63) is 58.6 Å². The molecule has 0 aliphatic carbocycles. The molecule has 3 aromatic rings. The van der Waals surface area contributed by atoms with E-state index in [1.807, 2.05) is 51.1 Å². The molecular weight excluding hydrogens is 402 g/mol. The number of rotatable bonds is 10. The van der Waals surface area contributed by atoms with E-state index in [0.29, 0.717) is 54.2 Å². The van der Waals surface area contributed by atoms with E-state index in [-0.39, 0.29) is 5.91 Å². The maximum Gasteiger partial charge on any atom is 0.257 e. The first-order chi connectivity index (χ1) is 14.6. The third kappa shape index (κ3) is 5.48. The first-order valence-corrected chi connectivity index (χ1v) is 10.7. The van der Waals surface area contributed by atoms with E-state index < -0.39 is 0 Å². The van der Waals surface area contributed by atoms with Crippen molar-refractivity contribution in [1.29, 1.82) is 0 Å². The number of aromatic nitrogens is 2. The van der Waals surface area contributed by atoms with Crippen LogP contribution in [0.1, 0.15) is 41.7 Å². The van der Waals surface area contributed by atoms with Crippen molar-refractivity contribution in [2.75, 3.05) is 25.1 Å². The van der Waals surface area contributed by atoms with Gasteiger partial charge >= 0.3 is 0 Å². The Bertz CT molecular complexity index is 949. The smallest absolute Gasteiger partial charge is 0.257 e. The first-order valence-electron chi connectivity index (χ1n) is 9.88. The van der Waals surface area contributed by atoms with Gasteiger partial charge in [0.25, 0.3) is 5.91 Å². The van der Waals surface area contributed by atoms with E-state index in [4.69, 9.17) is 14.2 Å². The van der Waals surface area contributed by atoms with Gasteiger partial charge in [-0.05, 0) is 38.5 Å². The summed E-state index contributed by atoms with van der Waals surface area (Å²) in [5.41, 5.74) is 1.53. The lowest BCUT2D eigenvalue weighted by molar-refractivity contribution is 0.102. The summed E-state index contributed by atoms with van der Waals surface area (Å²) in [5, 5.41) is 12.3. The molecule has 3 rings (SSSR count). The van der Waals surface area contributed by atoms with Gasteiger partial charge in [0.1, 0.15) is 5.01 Å². The highest BCUT2D eigenvalue weighted by Crippen LogP contribution is 2.39. The lowest BCUT2D eigenvalue weighted by atomic mass is 10.1. The van der Waals surface area contributed by atoms with Crippen molar-refractivity contribution in [3.8, 4) is 17.2 Å². The Balaban J connectivity index is 1.79. The minimum Gasteiger partial charge on any atom is -0.490 e. The maximum atomic E-state index is 12.8. The Labute approximate surface area is 180 Å². The number of ether oxygens (including phenoxy) is 3. The van der Waals surface area contributed by atoms with Crippen LogP contribution in [-0.2, 0) is 6.42 Å². The largest absolute Gasteiger partial charge is 0.490 e. The normalized spacial score (nSPS) is 10.5. The zero-order chi connectivity index (χ0) is 21.3. The second-order valence-electron chi connectivity index (χ2n) is 6.22. The van der Waals surface area contributed by atoms with E-state index in [1.165, 1.54) is 11.3 Å². The average molecular weight is 428 g/mol. The molecular formula is C22H25N3O4S. The quantitative estimate of drug-likeness (QED) is 0.510. The van der Waals surface area contributed by atoms with Crippen molar-refractivity contribution in [2.45, 2.75) is 27.2 Å². The molecule has 0 fully saturated rings. The van der Waals surface area contributed by atoms with Gasteiger partial charge in [0.2, 0.25) is 10.9 Å². The zero-order valence-corrected chi connectivity index (χ0v) is 18.1. The molecule has 1 N–H and O–H groups in total. The second-order valence-corrected chi connectivity index (χ2v) is 7.28. The number of hydrogen-bond donors (Lipinski definition) is 1. The average Bonchev–Trinajstić information content (AvgIpc) is 3.18.